The third kappa shape index (κ3) is 3.49. The highest BCUT2D eigenvalue weighted by Crippen LogP contribution is 2.64. The Bertz CT molecular complexity index is 422. The van der Waals surface area contributed by atoms with Crippen LogP contribution in [0.1, 0.15) is 91.9 Å². The zero-order chi connectivity index (χ0) is 17.3. The lowest BCUT2D eigenvalue weighted by atomic mass is 9.69. The van der Waals surface area contributed by atoms with Gasteiger partial charge in [-0.2, -0.15) is 0 Å². The number of hydrogen-bond acceptors (Lipinski definition) is 0. The Balaban J connectivity index is 1.80. The molecule has 0 aromatic heterocycles. The molecule has 0 nitrogen and oxygen atoms in total. The van der Waals surface area contributed by atoms with Gasteiger partial charge in [0.15, 0.2) is 0 Å². The largest absolute Gasteiger partial charge is 0.103 e. The quantitative estimate of drug-likeness (QED) is 0.460. The highest BCUT2D eigenvalue weighted by atomic mass is 14.6. The first-order chi connectivity index (χ1) is 11.5. The van der Waals surface area contributed by atoms with E-state index in [1.807, 2.05) is 0 Å². The fourth-order valence-corrected chi connectivity index (χ4v) is 6.99. The maximum absolute atomic E-state index is 4.27. The fourth-order valence-electron chi connectivity index (χ4n) is 6.99. The van der Waals surface area contributed by atoms with E-state index in [1.54, 1.807) is 0 Å². The molecule has 0 amide bonds. The standard InChI is InChI=1S/C24H42/c1-6-21-18(4)11-8-7-9-12-20-16-24(20,17(2)3)15-19(5)22-13-10-14-23(21)22/h6,17-23H,1,7-16H2,2-5H3. The van der Waals surface area contributed by atoms with Gasteiger partial charge in [0.05, 0.1) is 0 Å². The molecule has 3 fully saturated rings. The third-order valence-corrected chi connectivity index (χ3v) is 8.62. The summed E-state index contributed by atoms with van der Waals surface area (Å²) in [5, 5.41) is 0. The van der Waals surface area contributed by atoms with Gasteiger partial charge in [-0.1, -0.05) is 65.9 Å². The molecule has 24 heavy (non-hydrogen) atoms. The predicted octanol–water partition coefficient (Wildman–Crippen LogP) is 7.49. The van der Waals surface area contributed by atoms with Gasteiger partial charge < -0.3 is 0 Å². The van der Waals surface area contributed by atoms with E-state index in [4.69, 9.17) is 0 Å². The Hall–Kier alpha value is -0.260. The Kier molecular flexibility index (Phi) is 5.83. The summed E-state index contributed by atoms with van der Waals surface area (Å²) in [7, 11) is 0. The molecule has 0 aliphatic heterocycles. The molecule has 0 heteroatoms. The summed E-state index contributed by atoms with van der Waals surface area (Å²) in [5.41, 5.74) is 0.704. The van der Waals surface area contributed by atoms with Crippen LogP contribution in [0.5, 0.6) is 0 Å². The molecule has 7 atom stereocenters. The topological polar surface area (TPSA) is 0 Å². The van der Waals surface area contributed by atoms with E-state index in [0.29, 0.717) is 5.41 Å². The second kappa shape index (κ2) is 7.55. The maximum atomic E-state index is 4.27. The van der Waals surface area contributed by atoms with Crippen molar-refractivity contribution in [1.82, 2.24) is 0 Å². The fraction of sp³-hybridized carbons (Fsp3) is 0.917. The molecule has 3 rings (SSSR count). The lowest BCUT2D eigenvalue weighted by Gasteiger charge is -2.36. The highest BCUT2D eigenvalue weighted by Gasteiger charge is 2.56. The van der Waals surface area contributed by atoms with Crippen molar-refractivity contribution in [3.63, 3.8) is 0 Å². The molecule has 0 aromatic carbocycles. The highest BCUT2D eigenvalue weighted by molar-refractivity contribution is 5.06. The summed E-state index contributed by atoms with van der Waals surface area (Å²) < 4.78 is 0. The number of allylic oxidation sites excluding steroid dienone is 1. The van der Waals surface area contributed by atoms with Crippen molar-refractivity contribution in [3.8, 4) is 0 Å². The average Bonchev–Trinajstić information content (AvgIpc) is 3.02. The van der Waals surface area contributed by atoms with Gasteiger partial charge in [-0.15, -0.1) is 6.58 Å². The van der Waals surface area contributed by atoms with Crippen molar-refractivity contribution in [3.05, 3.63) is 12.7 Å². The van der Waals surface area contributed by atoms with Gasteiger partial charge >= 0.3 is 0 Å². The SMILES string of the molecule is C=CC1C(C)CCCCCC2CC2(C(C)C)CC(C)C2CCCC12. The van der Waals surface area contributed by atoms with E-state index < -0.39 is 0 Å². The number of fused-ring (bicyclic) bond motifs is 2. The maximum Gasteiger partial charge on any atom is -0.0179 e. The Labute approximate surface area is 151 Å². The monoisotopic (exact) mass is 330 g/mol. The molecular formula is C24H42. The predicted molar refractivity (Wildman–Crippen MR) is 106 cm³/mol. The average molecular weight is 331 g/mol. The van der Waals surface area contributed by atoms with Crippen LogP contribution >= 0.6 is 0 Å². The number of hydrogen-bond donors (Lipinski definition) is 0. The van der Waals surface area contributed by atoms with Gasteiger partial charge in [-0.05, 0) is 78.9 Å². The first kappa shape index (κ1) is 18.5. The van der Waals surface area contributed by atoms with Gasteiger partial charge in [-0.3, -0.25) is 0 Å². The van der Waals surface area contributed by atoms with Gasteiger partial charge in [0, 0.05) is 0 Å². The van der Waals surface area contributed by atoms with Crippen molar-refractivity contribution < 1.29 is 0 Å². The van der Waals surface area contributed by atoms with Gasteiger partial charge in [-0.25, -0.2) is 0 Å². The third-order valence-electron chi connectivity index (χ3n) is 8.62. The zero-order valence-corrected chi connectivity index (χ0v) is 16.9. The molecule has 7 unspecified atom stereocenters. The summed E-state index contributed by atoms with van der Waals surface area (Å²) in [6.07, 6.45) is 17.1. The Morgan fingerprint density at radius 2 is 1.54 bits per heavy atom. The van der Waals surface area contributed by atoms with E-state index in [9.17, 15) is 0 Å². The Morgan fingerprint density at radius 3 is 2.25 bits per heavy atom. The summed E-state index contributed by atoms with van der Waals surface area (Å²) in [4.78, 5) is 0. The Morgan fingerprint density at radius 1 is 0.833 bits per heavy atom. The van der Waals surface area contributed by atoms with Crippen LogP contribution in [0.2, 0.25) is 0 Å². The van der Waals surface area contributed by atoms with E-state index in [1.165, 1.54) is 64.2 Å². The first-order valence-corrected chi connectivity index (χ1v) is 11.1. The molecule has 0 radical (unpaired) electrons. The van der Waals surface area contributed by atoms with Crippen LogP contribution in [0.3, 0.4) is 0 Å². The molecule has 0 N–H and O–H groups in total. The van der Waals surface area contributed by atoms with Crippen molar-refractivity contribution in [2.45, 2.75) is 91.9 Å². The molecule has 138 valence electrons. The summed E-state index contributed by atoms with van der Waals surface area (Å²) in [6.45, 7) is 14.4. The minimum Gasteiger partial charge on any atom is -0.103 e. The summed E-state index contributed by atoms with van der Waals surface area (Å²) in [6, 6.07) is 0. The number of rotatable bonds is 2. The molecule has 0 saturated heterocycles. The summed E-state index contributed by atoms with van der Waals surface area (Å²) in [5.74, 6) is 6.35. The first-order valence-electron chi connectivity index (χ1n) is 11.1. The zero-order valence-electron chi connectivity index (χ0n) is 16.9. The van der Waals surface area contributed by atoms with Crippen molar-refractivity contribution >= 4 is 0 Å². The summed E-state index contributed by atoms with van der Waals surface area (Å²) >= 11 is 0. The molecular weight excluding hydrogens is 288 g/mol. The van der Waals surface area contributed by atoms with Crippen molar-refractivity contribution in [2.75, 3.05) is 0 Å². The van der Waals surface area contributed by atoms with Crippen LogP contribution in [0.25, 0.3) is 0 Å². The van der Waals surface area contributed by atoms with E-state index in [2.05, 4.69) is 40.3 Å². The molecule has 0 aromatic rings. The molecule has 3 saturated carbocycles. The molecule has 0 heterocycles. The van der Waals surface area contributed by atoms with Crippen LogP contribution in [0.4, 0.5) is 0 Å². The van der Waals surface area contributed by atoms with Crippen LogP contribution in [0.15, 0.2) is 12.7 Å². The van der Waals surface area contributed by atoms with Crippen LogP contribution < -0.4 is 0 Å². The van der Waals surface area contributed by atoms with Crippen LogP contribution in [-0.4, -0.2) is 0 Å². The second-order valence-corrected chi connectivity index (χ2v) is 10.2. The van der Waals surface area contributed by atoms with Gasteiger partial charge in [0.1, 0.15) is 0 Å². The molecule has 0 bridgehead atoms. The van der Waals surface area contributed by atoms with Crippen molar-refractivity contribution in [1.29, 1.82) is 0 Å². The molecule has 3 aliphatic rings. The van der Waals surface area contributed by atoms with Crippen LogP contribution in [-0.2, 0) is 0 Å². The normalized spacial score (nSPS) is 47.0. The molecule has 0 spiro atoms. The van der Waals surface area contributed by atoms with E-state index in [-0.39, 0.29) is 0 Å². The van der Waals surface area contributed by atoms with Crippen molar-refractivity contribution in [2.24, 2.45) is 46.8 Å². The minimum atomic E-state index is 0.704. The van der Waals surface area contributed by atoms with Gasteiger partial charge in [0.25, 0.3) is 0 Å². The van der Waals surface area contributed by atoms with E-state index in [0.717, 1.165) is 41.4 Å². The second-order valence-electron chi connectivity index (χ2n) is 10.2. The van der Waals surface area contributed by atoms with E-state index >= 15 is 0 Å². The van der Waals surface area contributed by atoms with Gasteiger partial charge in [0.2, 0.25) is 0 Å². The lowest BCUT2D eigenvalue weighted by molar-refractivity contribution is 0.144. The smallest absolute Gasteiger partial charge is 0.0179 e. The van der Waals surface area contributed by atoms with Crippen LogP contribution in [0, 0.1) is 46.8 Å². The minimum absolute atomic E-state index is 0.704. The molecule has 3 aliphatic carbocycles. The lowest BCUT2D eigenvalue weighted by Crippen LogP contribution is -2.29.